The molecule has 1 atom stereocenters. The van der Waals surface area contributed by atoms with Crippen LogP contribution in [0.1, 0.15) is 0 Å². The first-order valence-corrected chi connectivity index (χ1v) is 4.98. The third-order valence-electron chi connectivity index (χ3n) is 1.51. The van der Waals surface area contributed by atoms with Crippen molar-refractivity contribution in [1.82, 2.24) is 0 Å². The van der Waals surface area contributed by atoms with Crippen molar-refractivity contribution >= 4 is 17.4 Å². The van der Waals surface area contributed by atoms with Crippen molar-refractivity contribution in [2.24, 2.45) is 0 Å². The summed E-state index contributed by atoms with van der Waals surface area (Å²) in [6.45, 7) is -0.199. The third kappa shape index (κ3) is 3.67. The lowest BCUT2D eigenvalue weighted by molar-refractivity contribution is 0.113. The summed E-state index contributed by atoms with van der Waals surface area (Å²) < 4.78 is 0. The molecule has 0 radical (unpaired) electrons. The summed E-state index contributed by atoms with van der Waals surface area (Å²) in [6.07, 6.45) is -0.661. The number of hydrogen-bond donors (Lipinski definition) is 3. The lowest BCUT2D eigenvalue weighted by Crippen LogP contribution is -2.14. The number of benzene rings is 1. The average Bonchev–Trinajstić information content (AvgIpc) is 2.14. The maximum Gasteiger partial charge on any atom is 0.0864 e. The minimum absolute atomic E-state index is 0.199. The maximum absolute atomic E-state index is 9.09. The second-order valence-electron chi connectivity index (χ2n) is 2.72. The van der Waals surface area contributed by atoms with E-state index in [1.165, 1.54) is 11.8 Å². The number of aliphatic hydroxyl groups is 2. The van der Waals surface area contributed by atoms with Gasteiger partial charge in [0.2, 0.25) is 0 Å². The zero-order valence-electron chi connectivity index (χ0n) is 7.18. The molecule has 0 amide bonds. The van der Waals surface area contributed by atoms with E-state index >= 15 is 0 Å². The Bertz CT molecular complexity index is 268. The van der Waals surface area contributed by atoms with Crippen LogP contribution in [0.5, 0.6) is 0 Å². The molecule has 0 fully saturated rings. The second kappa shape index (κ2) is 5.11. The van der Waals surface area contributed by atoms with Crippen molar-refractivity contribution < 1.29 is 10.2 Å². The van der Waals surface area contributed by atoms with Crippen molar-refractivity contribution in [3.8, 4) is 0 Å². The molecule has 1 aromatic rings. The minimum Gasteiger partial charge on any atom is -0.399 e. The van der Waals surface area contributed by atoms with Crippen molar-refractivity contribution in [2.45, 2.75) is 11.0 Å². The van der Waals surface area contributed by atoms with Gasteiger partial charge in [0, 0.05) is 16.3 Å². The first-order valence-electron chi connectivity index (χ1n) is 3.99. The highest BCUT2D eigenvalue weighted by Crippen LogP contribution is 2.20. The summed E-state index contributed by atoms with van der Waals surface area (Å²) in [4.78, 5) is 1.01. The van der Waals surface area contributed by atoms with Gasteiger partial charge in [0.1, 0.15) is 0 Å². The molecule has 0 aliphatic heterocycles. The Hall–Kier alpha value is -0.710. The van der Waals surface area contributed by atoms with Gasteiger partial charge >= 0.3 is 0 Å². The third-order valence-corrected chi connectivity index (χ3v) is 2.65. The zero-order chi connectivity index (χ0) is 9.68. The quantitative estimate of drug-likeness (QED) is 0.493. The first kappa shape index (κ1) is 10.4. The van der Waals surface area contributed by atoms with Gasteiger partial charge in [-0.05, 0) is 18.2 Å². The fraction of sp³-hybridized carbons (Fsp3) is 0.333. The Morgan fingerprint density at radius 2 is 2.23 bits per heavy atom. The molecule has 0 aromatic heterocycles. The molecule has 0 heterocycles. The van der Waals surface area contributed by atoms with E-state index in [9.17, 15) is 0 Å². The number of thioether (sulfide) groups is 1. The highest BCUT2D eigenvalue weighted by Gasteiger charge is 2.02. The molecule has 1 rings (SSSR count). The van der Waals surface area contributed by atoms with E-state index in [0.29, 0.717) is 11.4 Å². The van der Waals surface area contributed by atoms with Gasteiger partial charge in [0.05, 0.1) is 12.7 Å². The molecule has 1 aromatic carbocycles. The van der Waals surface area contributed by atoms with Crippen molar-refractivity contribution in [1.29, 1.82) is 0 Å². The minimum atomic E-state index is -0.661. The molecule has 0 spiro atoms. The fourth-order valence-electron chi connectivity index (χ4n) is 0.849. The van der Waals surface area contributed by atoms with E-state index in [1.54, 1.807) is 0 Å². The van der Waals surface area contributed by atoms with Crippen LogP contribution in [0, 0.1) is 0 Å². The predicted octanol–water partition coefficient (Wildman–Crippen LogP) is 0.714. The van der Waals surface area contributed by atoms with E-state index in [-0.39, 0.29) is 6.61 Å². The van der Waals surface area contributed by atoms with Crippen LogP contribution in [0.15, 0.2) is 29.2 Å². The molecule has 3 nitrogen and oxygen atoms in total. The molecule has 0 saturated heterocycles. The normalized spacial score (nSPS) is 12.8. The Kier molecular flexibility index (Phi) is 4.08. The number of nitrogen functional groups attached to an aromatic ring is 1. The number of anilines is 1. The highest BCUT2D eigenvalue weighted by molar-refractivity contribution is 7.99. The predicted molar refractivity (Wildman–Crippen MR) is 54.7 cm³/mol. The van der Waals surface area contributed by atoms with Gasteiger partial charge in [-0.1, -0.05) is 6.07 Å². The summed E-state index contributed by atoms with van der Waals surface area (Å²) >= 11 is 1.48. The standard InChI is InChI=1S/C9H13NO2S/c10-7-2-1-3-9(4-7)13-6-8(12)5-11/h1-4,8,11-12H,5-6,10H2. The van der Waals surface area contributed by atoms with Crippen LogP contribution < -0.4 is 5.73 Å². The van der Waals surface area contributed by atoms with Gasteiger partial charge < -0.3 is 15.9 Å². The van der Waals surface area contributed by atoms with Gasteiger partial charge in [-0.25, -0.2) is 0 Å². The smallest absolute Gasteiger partial charge is 0.0864 e. The van der Waals surface area contributed by atoms with Gasteiger partial charge in [-0.3, -0.25) is 0 Å². The number of rotatable bonds is 4. The van der Waals surface area contributed by atoms with Crippen LogP contribution in [-0.2, 0) is 0 Å². The summed E-state index contributed by atoms with van der Waals surface area (Å²) in [5, 5.41) is 17.7. The van der Waals surface area contributed by atoms with Crippen molar-refractivity contribution in [2.75, 3.05) is 18.1 Å². The molecule has 0 saturated carbocycles. The molecule has 0 bridgehead atoms. The molecule has 0 aliphatic rings. The van der Waals surface area contributed by atoms with Gasteiger partial charge in [0.25, 0.3) is 0 Å². The van der Waals surface area contributed by atoms with E-state index in [2.05, 4.69) is 0 Å². The molecule has 0 aliphatic carbocycles. The number of hydrogen-bond acceptors (Lipinski definition) is 4. The Morgan fingerprint density at radius 3 is 2.85 bits per heavy atom. The molecular weight excluding hydrogens is 186 g/mol. The van der Waals surface area contributed by atoms with Crippen LogP contribution in [0.4, 0.5) is 5.69 Å². The topological polar surface area (TPSA) is 66.5 Å². The van der Waals surface area contributed by atoms with E-state index in [0.717, 1.165) is 4.90 Å². The highest BCUT2D eigenvalue weighted by atomic mass is 32.2. The Labute approximate surface area is 81.6 Å². The molecule has 13 heavy (non-hydrogen) atoms. The van der Waals surface area contributed by atoms with E-state index in [4.69, 9.17) is 15.9 Å². The van der Waals surface area contributed by atoms with Crippen LogP contribution in [0.3, 0.4) is 0 Å². The molecule has 1 unspecified atom stereocenters. The van der Waals surface area contributed by atoms with Crippen LogP contribution in [0.2, 0.25) is 0 Å². The average molecular weight is 199 g/mol. The van der Waals surface area contributed by atoms with Crippen molar-refractivity contribution in [3.05, 3.63) is 24.3 Å². The lowest BCUT2D eigenvalue weighted by Gasteiger charge is -2.06. The second-order valence-corrected chi connectivity index (χ2v) is 3.81. The molecule has 72 valence electrons. The monoisotopic (exact) mass is 199 g/mol. The SMILES string of the molecule is Nc1cccc(SCC(O)CO)c1. The van der Waals surface area contributed by atoms with Crippen LogP contribution in [-0.4, -0.2) is 28.7 Å². The summed E-state index contributed by atoms with van der Waals surface area (Å²) in [7, 11) is 0. The van der Waals surface area contributed by atoms with Gasteiger partial charge in [-0.15, -0.1) is 11.8 Å². The molecular formula is C9H13NO2S. The van der Waals surface area contributed by atoms with Gasteiger partial charge in [-0.2, -0.15) is 0 Å². The van der Waals surface area contributed by atoms with Gasteiger partial charge in [0.15, 0.2) is 0 Å². The number of aliphatic hydroxyl groups excluding tert-OH is 2. The fourth-order valence-corrected chi connectivity index (χ4v) is 1.73. The van der Waals surface area contributed by atoms with Crippen LogP contribution in [0.25, 0.3) is 0 Å². The maximum atomic E-state index is 9.09. The Balaban J connectivity index is 2.45. The summed E-state index contributed by atoms with van der Waals surface area (Å²) in [5.74, 6) is 0.486. The molecule has 4 N–H and O–H groups in total. The molecule has 4 heteroatoms. The summed E-state index contributed by atoms with van der Waals surface area (Å²) in [5.41, 5.74) is 6.28. The van der Waals surface area contributed by atoms with E-state index < -0.39 is 6.10 Å². The zero-order valence-corrected chi connectivity index (χ0v) is 8.00. The largest absolute Gasteiger partial charge is 0.399 e. The van der Waals surface area contributed by atoms with Crippen molar-refractivity contribution in [3.63, 3.8) is 0 Å². The van der Waals surface area contributed by atoms with Crippen LogP contribution >= 0.6 is 11.8 Å². The lowest BCUT2D eigenvalue weighted by atomic mass is 10.3. The first-order chi connectivity index (χ1) is 6.22. The Morgan fingerprint density at radius 1 is 1.46 bits per heavy atom. The summed E-state index contributed by atoms with van der Waals surface area (Å²) in [6, 6.07) is 7.44. The van der Waals surface area contributed by atoms with E-state index in [1.807, 2.05) is 24.3 Å². The number of nitrogens with two attached hydrogens (primary N) is 1.